The smallest absolute Gasteiger partial charge is 0.258 e. The van der Waals surface area contributed by atoms with E-state index in [0.29, 0.717) is 23.1 Å². The van der Waals surface area contributed by atoms with Crippen molar-refractivity contribution >= 4 is 11.6 Å². The van der Waals surface area contributed by atoms with Crippen molar-refractivity contribution in [2.45, 2.75) is 32.7 Å². The van der Waals surface area contributed by atoms with Crippen LogP contribution in [-0.4, -0.2) is 29.5 Å². The van der Waals surface area contributed by atoms with E-state index in [1.54, 1.807) is 6.92 Å². The number of carbonyl (C=O) groups excluding carboxylic acids is 1. The second-order valence-corrected chi connectivity index (χ2v) is 4.82. The molecule has 0 radical (unpaired) electrons. The first-order chi connectivity index (χ1) is 9.10. The van der Waals surface area contributed by atoms with Gasteiger partial charge in [-0.2, -0.15) is 0 Å². The van der Waals surface area contributed by atoms with E-state index in [4.69, 9.17) is 9.94 Å². The van der Waals surface area contributed by atoms with Crippen molar-refractivity contribution in [3.8, 4) is 5.75 Å². The Morgan fingerprint density at radius 1 is 1.53 bits per heavy atom. The second-order valence-electron chi connectivity index (χ2n) is 4.82. The Balaban J connectivity index is 2.04. The fourth-order valence-corrected chi connectivity index (χ4v) is 1.74. The highest BCUT2D eigenvalue weighted by Crippen LogP contribution is 2.22. The third-order valence-electron chi connectivity index (χ3n) is 2.98. The molecular formula is C14H18N2O3. The Bertz CT molecular complexity index is 507. The fourth-order valence-electron chi connectivity index (χ4n) is 1.74. The first-order valence-corrected chi connectivity index (χ1v) is 6.32. The van der Waals surface area contributed by atoms with Gasteiger partial charge < -0.3 is 15.3 Å². The van der Waals surface area contributed by atoms with Crippen molar-refractivity contribution in [1.29, 1.82) is 0 Å². The highest BCUT2D eigenvalue weighted by molar-refractivity contribution is 6.00. The largest absolute Gasteiger partial charge is 0.483 e. The quantitative estimate of drug-likeness (QED) is 0.483. The van der Waals surface area contributed by atoms with Gasteiger partial charge in [-0.25, -0.2) is 0 Å². The fraction of sp³-hybridized carbons (Fsp3) is 0.429. The van der Waals surface area contributed by atoms with Crippen LogP contribution in [0.2, 0.25) is 0 Å². The van der Waals surface area contributed by atoms with Gasteiger partial charge in [0.2, 0.25) is 0 Å². The Morgan fingerprint density at radius 2 is 2.26 bits per heavy atom. The molecule has 0 aliphatic heterocycles. The minimum absolute atomic E-state index is 0.0222. The van der Waals surface area contributed by atoms with Gasteiger partial charge in [-0.15, -0.1) is 0 Å². The lowest BCUT2D eigenvalue weighted by atomic mass is 10.1. The Hall–Kier alpha value is -2.04. The molecule has 1 saturated carbocycles. The summed E-state index contributed by atoms with van der Waals surface area (Å²) in [5.74, 6) is 0.440. The van der Waals surface area contributed by atoms with Gasteiger partial charge in [0.15, 0.2) is 6.61 Å². The first-order valence-electron chi connectivity index (χ1n) is 6.32. The Morgan fingerprint density at radius 3 is 2.89 bits per heavy atom. The lowest BCUT2D eigenvalue weighted by molar-refractivity contribution is -0.123. The van der Waals surface area contributed by atoms with Gasteiger partial charge in [-0.3, -0.25) is 4.79 Å². The van der Waals surface area contributed by atoms with Gasteiger partial charge in [0, 0.05) is 11.6 Å². The number of hydrogen-bond acceptors (Lipinski definition) is 4. The molecule has 1 aromatic rings. The SMILES string of the molecule is CC(=NO)c1ccc(C)cc1OCC(=O)NC1CC1. The first kappa shape index (κ1) is 13.4. The van der Waals surface area contributed by atoms with Crippen LogP contribution in [0.4, 0.5) is 0 Å². The van der Waals surface area contributed by atoms with Crippen molar-refractivity contribution in [1.82, 2.24) is 5.32 Å². The standard InChI is InChI=1S/C14H18N2O3/c1-9-3-6-12(10(2)16-18)13(7-9)19-8-14(17)15-11-4-5-11/h3,6-7,11,18H,4-5,8H2,1-2H3,(H,15,17). The number of oxime groups is 1. The minimum Gasteiger partial charge on any atom is -0.483 e. The molecule has 0 bridgehead atoms. The summed E-state index contributed by atoms with van der Waals surface area (Å²) in [6, 6.07) is 5.88. The molecule has 102 valence electrons. The number of benzene rings is 1. The third kappa shape index (κ3) is 3.71. The predicted octanol–water partition coefficient (Wildman–Crippen LogP) is 1.85. The topological polar surface area (TPSA) is 70.9 Å². The van der Waals surface area contributed by atoms with Crippen LogP contribution in [0.3, 0.4) is 0 Å². The minimum atomic E-state index is -0.117. The summed E-state index contributed by atoms with van der Waals surface area (Å²) < 4.78 is 5.53. The summed E-state index contributed by atoms with van der Waals surface area (Å²) in [5.41, 5.74) is 2.16. The highest BCUT2D eigenvalue weighted by atomic mass is 16.5. The van der Waals surface area contributed by atoms with Crippen LogP contribution in [0, 0.1) is 6.92 Å². The molecule has 0 heterocycles. The third-order valence-corrected chi connectivity index (χ3v) is 2.98. The maximum Gasteiger partial charge on any atom is 0.258 e. The van der Waals surface area contributed by atoms with E-state index in [2.05, 4.69) is 10.5 Å². The maximum absolute atomic E-state index is 11.6. The second kappa shape index (κ2) is 5.73. The number of nitrogens with one attached hydrogen (secondary N) is 1. The van der Waals surface area contributed by atoms with Gasteiger partial charge in [-0.1, -0.05) is 11.2 Å². The number of nitrogens with zero attached hydrogens (tertiary/aromatic N) is 1. The lowest BCUT2D eigenvalue weighted by Gasteiger charge is -2.11. The molecule has 1 aromatic carbocycles. The monoisotopic (exact) mass is 262 g/mol. The molecule has 1 fully saturated rings. The van der Waals surface area contributed by atoms with Crippen molar-refractivity contribution in [3.63, 3.8) is 0 Å². The predicted molar refractivity (Wildman–Crippen MR) is 71.8 cm³/mol. The van der Waals surface area contributed by atoms with Crippen LogP contribution in [-0.2, 0) is 4.79 Å². The maximum atomic E-state index is 11.6. The Labute approximate surface area is 112 Å². The van der Waals surface area contributed by atoms with Gasteiger partial charge in [0.05, 0.1) is 5.71 Å². The molecule has 5 heteroatoms. The number of hydrogen-bond donors (Lipinski definition) is 2. The summed E-state index contributed by atoms with van der Waals surface area (Å²) in [4.78, 5) is 11.6. The van der Waals surface area contributed by atoms with Crippen LogP contribution in [0.15, 0.2) is 23.4 Å². The number of rotatable bonds is 5. The summed E-state index contributed by atoms with van der Waals surface area (Å²) in [7, 11) is 0. The van der Waals surface area contributed by atoms with Crippen molar-refractivity contribution in [2.75, 3.05) is 6.61 Å². The number of ether oxygens (including phenoxy) is 1. The zero-order valence-electron chi connectivity index (χ0n) is 11.1. The number of carbonyl (C=O) groups is 1. The van der Waals surface area contributed by atoms with Crippen LogP contribution in [0.5, 0.6) is 5.75 Å². The molecule has 2 N–H and O–H groups in total. The van der Waals surface area contributed by atoms with E-state index in [0.717, 1.165) is 18.4 Å². The molecular weight excluding hydrogens is 244 g/mol. The molecule has 0 atom stereocenters. The molecule has 5 nitrogen and oxygen atoms in total. The summed E-state index contributed by atoms with van der Waals surface area (Å²) in [6.45, 7) is 3.60. The van der Waals surface area contributed by atoms with E-state index in [1.807, 2.05) is 25.1 Å². The van der Waals surface area contributed by atoms with Crippen LogP contribution in [0.1, 0.15) is 30.9 Å². The molecule has 1 aliphatic carbocycles. The van der Waals surface area contributed by atoms with Gasteiger partial charge in [-0.05, 0) is 44.4 Å². The summed E-state index contributed by atoms with van der Waals surface area (Å²) >= 11 is 0. The van der Waals surface area contributed by atoms with Gasteiger partial charge in [0.1, 0.15) is 5.75 Å². The van der Waals surface area contributed by atoms with Gasteiger partial charge in [0.25, 0.3) is 5.91 Å². The van der Waals surface area contributed by atoms with E-state index >= 15 is 0 Å². The van der Waals surface area contributed by atoms with Crippen LogP contribution < -0.4 is 10.1 Å². The molecule has 1 aliphatic rings. The molecule has 2 rings (SSSR count). The van der Waals surface area contributed by atoms with Crippen LogP contribution >= 0.6 is 0 Å². The lowest BCUT2D eigenvalue weighted by Crippen LogP contribution is -2.30. The van der Waals surface area contributed by atoms with Crippen molar-refractivity contribution in [2.24, 2.45) is 5.16 Å². The van der Waals surface area contributed by atoms with E-state index in [9.17, 15) is 4.79 Å². The van der Waals surface area contributed by atoms with E-state index in [1.165, 1.54) is 0 Å². The van der Waals surface area contributed by atoms with E-state index in [-0.39, 0.29) is 12.5 Å². The normalized spacial score (nSPS) is 15.2. The highest BCUT2D eigenvalue weighted by Gasteiger charge is 2.23. The zero-order chi connectivity index (χ0) is 13.8. The number of amides is 1. The zero-order valence-corrected chi connectivity index (χ0v) is 11.1. The summed E-state index contributed by atoms with van der Waals surface area (Å²) in [6.07, 6.45) is 2.11. The van der Waals surface area contributed by atoms with Crippen molar-refractivity contribution < 1.29 is 14.7 Å². The molecule has 0 aromatic heterocycles. The average molecular weight is 262 g/mol. The molecule has 0 unspecified atom stereocenters. The van der Waals surface area contributed by atoms with E-state index < -0.39 is 0 Å². The number of aryl methyl sites for hydroxylation is 1. The molecule has 0 saturated heterocycles. The molecule has 0 spiro atoms. The Kier molecular flexibility index (Phi) is 4.04. The molecule has 1 amide bonds. The summed E-state index contributed by atoms with van der Waals surface area (Å²) in [5, 5.41) is 14.9. The van der Waals surface area contributed by atoms with Gasteiger partial charge >= 0.3 is 0 Å². The average Bonchev–Trinajstić information content (AvgIpc) is 3.19. The van der Waals surface area contributed by atoms with Crippen molar-refractivity contribution in [3.05, 3.63) is 29.3 Å². The molecule has 19 heavy (non-hydrogen) atoms. The van der Waals surface area contributed by atoms with Crippen LogP contribution in [0.25, 0.3) is 0 Å².